The molecule has 0 aromatic carbocycles. The largest absolute Gasteiger partial charge is 0.369 e. The molecule has 2 rings (SSSR count). The molecule has 1 heterocycles. The van der Waals surface area contributed by atoms with Crippen molar-refractivity contribution >= 4 is 17.4 Å². The Hall–Kier alpha value is -0.830. The number of rotatable bonds is 5. The first-order valence-electron chi connectivity index (χ1n) is 7.44. The molecule has 3 nitrogen and oxygen atoms in total. The van der Waals surface area contributed by atoms with E-state index in [1.165, 1.54) is 25.7 Å². The van der Waals surface area contributed by atoms with E-state index in [9.17, 15) is 0 Å². The predicted molar refractivity (Wildman–Crippen MR) is 80.6 cm³/mol. The van der Waals surface area contributed by atoms with E-state index in [4.69, 9.17) is 11.6 Å². The van der Waals surface area contributed by atoms with Crippen molar-refractivity contribution in [2.45, 2.75) is 52.4 Å². The number of nitrogens with zero attached hydrogens (tertiary/aromatic N) is 2. The Labute approximate surface area is 121 Å². The van der Waals surface area contributed by atoms with Crippen LogP contribution in [0.3, 0.4) is 0 Å². The smallest absolute Gasteiger partial charge is 0.137 e. The van der Waals surface area contributed by atoms with Crippen molar-refractivity contribution in [1.82, 2.24) is 9.97 Å². The molecule has 2 atom stereocenters. The first-order chi connectivity index (χ1) is 9.20. The molecule has 1 aromatic rings. The van der Waals surface area contributed by atoms with Gasteiger partial charge in [0.15, 0.2) is 0 Å². The molecule has 0 amide bonds. The van der Waals surface area contributed by atoms with Crippen molar-refractivity contribution in [3.63, 3.8) is 0 Å². The highest BCUT2D eigenvalue weighted by atomic mass is 35.5. The first kappa shape index (κ1) is 14.6. The molecule has 106 valence electrons. The quantitative estimate of drug-likeness (QED) is 0.817. The van der Waals surface area contributed by atoms with Gasteiger partial charge in [0.05, 0.1) is 0 Å². The van der Waals surface area contributed by atoms with Crippen LogP contribution < -0.4 is 5.32 Å². The predicted octanol–water partition coefficient (Wildman–Crippen LogP) is 4.32. The van der Waals surface area contributed by atoms with Crippen molar-refractivity contribution < 1.29 is 0 Å². The fraction of sp³-hybridized carbons (Fsp3) is 0.733. The van der Waals surface area contributed by atoms with E-state index in [1.807, 2.05) is 0 Å². The molecule has 0 bridgehead atoms. The molecule has 4 heteroatoms. The second kappa shape index (κ2) is 7.09. The monoisotopic (exact) mass is 281 g/mol. The average molecular weight is 282 g/mol. The molecular formula is C15H24ClN3. The van der Waals surface area contributed by atoms with Gasteiger partial charge < -0.3 is 5.32 Å². The van der Waals surface area contributed by atoms with E-state index >= 15 is 0 Å². The van der Waals surface area contributed by atoms with E-state index in [0.29, 0.717) is 5.15 Å². The van der Waals surface area contributed by atoms with E-state index in [1.54, 1.807) is 6.33 Å². The van der Waals surface area contributed by atoms with Crippen LogP contribution in [0.5, 0.6) is 0 Å². The maximum Gasteiger partial charge on any atom is 0.137 e. The molecule has 0 aliphatic heterocycles. The van der Waals surface area contributed by atoms with E-state index in [-0.39, 0.29) is 0 Å². The fourth-order valence-electron chi connectivity index (χ4n) is 3.00. The number of halogens is 1. The van der Waals surface area contributed by atoms with Crippen LogP contribution in [-0.2, 0) is 6.42 Å². The maximum atomic E-state index is 6.16. The van der Waals surface area contributed by atoms with Crippen molar-refractivity contribution in [2.24, 2.45) is 11.8 Å². The molecular weight excluding hydrogens is 258 g/mol. The van der Waals surface area contributed by atoms with Gasteiger partial charge in [0.1, 0.15) is 17.3 Å². The second-order valence-electron chi connectivity index (χ2n) is 5.76. The van der Waals surface area contributed by atoms with Crippen LogP contribution in [0.25, 0.3) is 0 Å². The molecule has 1 saturated carbocycles. The third kappa shape index (κ3) is 4.07. The zero-order valence-corrected chi connectivity index (χ0v) is 12.7. The average Bonchev–Trinajstić information content (AvgIpc) is 2.40. The highest BCUT2D eigenvalue weighted by Crippen LogP contribution is 2.29. The highest BCUT2D eigenvalue weighted by Gasteiger charge is 2.19. The Bertz CT molecular complexity index is 408. The molecule has 0 saturated heterocycles. The first-order valence-corrected chi connectivity index (χ1v) is 7.81. The van der Waals surface area contributed by atoms with Crippen LogP contribution in [0.1, 0.15) is 51.5 Å². The lowest BCUT2D eigenvalue weighted by atomic mass is 9.82. The van der Waals surface area contributed by atoms with Gasteiger partial charge in [-0.2, -0.15) is 0 Å². The fourth-order valence-corrected chi connectivity index (χ4v) is 3.23. The van der Waals surface area contributed by atoms with Crippen LogP contribution in [-0.4, -0.2) is 16.5 Å². The van der Waals surface area contributed by atoms with Gasteiger partial charge in [-0.25, -0.2) is 9.97 Å². The summed E-state index contributed by atoms with van der Waals surface area (Å²) >= 11 is 6.16. The Kier molecular flexibility index (Phi) is 5.44. The number of hydrogen-bond acceptors (Lipinski definition) is 3. The molecule has 1 aromatic heterocycles. The van der Waals surface area contributed by atoms with Crippen LogP contribution >= 0.6 is 11.6 Å². The third-order valence-electron chi connectivity index (χ3n) is 4.00. The number of nitrogens with one attached hydrogen (secondary N) is 1. The zero-order valence-electron chi connectivity index (χ0n) is 12.0. The van der Waals surface area contributed by atoms with Crippen molar-refractivity contribution in [3.8, 4) is 0 Å². The number of aromatic nitrogens is 2. The topological polar surface area (TPSA) is 37.8 Å². The molecule has 2 unspecified atom stereocenters. The van der Waals surface area contributed by atoms with Gasteiger partial charge in [-0.05, 0) is 31.1 Å². The van der Waals surface area contributed by atoms with Crippen LogP contribution in [0.15, 0.2) is 6.33 Å². The molecule has 19 heavy (non-hydrogen) atoms. The number of anilines is 1. The normalized spacial score (nSPS) is 23.3. The van der Waals surface area contributed by atoms with Gasteiger partial charge in [-0.15, -0.1) is 0 Å². The lowest BCUT2D eigenvalue weighted by Crippen LogP contribution is -2.22. The highest BCUT2D eigenvalue weighted by molar-refractivity contribution is 6.30. The molecule has 0 radical (unpaired) electrons. The minimum atomic E-state index is 0.594. The summed E-state index contributed by atoms with van der Waals surface area (Å²) in [5.74, 6) is 2.57. The van der Waals surface area contributed by atoms with Gasteiger partial charge in [0.2, 0.25) is 0 Å². The maximum absolute atomic E-state index is 6.16. The van der Waals surface area contributed by atoms with Crippen LogP contribution in [0, 0.1) is 11.8 Å². The Balaban J connectivity index is 1.96. The second-order valence-corrected chi connectivity index (χ2v) is 6.12. The van der Waals surface area contributed by atoms with Crippen LogP contribution in [0.2, 0.25) is 5.15 Å². The van der Waals surface area contributed by atoms with Crippen molar-refractivity contribution in [1.29, 1.82) is 0 Å². The zero-order chi connectivity index (χ0) is 13.7. The summed E-state index contributed by atoms with van der Waals surface area (Å²) in [4.78, 5) is 8.43. The third-order valence-corrected chi connectivity index (χ3v) is 4.32. The summed E-state index contributed by atoms with van der Waals surface area (Å²) in [7, 11) is 0. The standard InChI is InChI=1S/C15H24ClN3/c1-3-5-13-14(16)18-10-19-15(13)17-9-12-7-4-6-11(2)8-12/h10-12H,3-9H2,1-2H3,(H,17,18,19). The summed E-state index contributed by atoms with van der Waals surface area (Å²) < 4.78 is 0. The molecule has 1 fully saturated rings. The van der Waals surface area contributed by atoms with Gasteiger partial charge in [0.25, 0.3) is 0 Å². The summed E-state index contributed by atoms with van der Waals surface area (Å²) in [5, 5.41) is 4.09. The van der Waals surface area contributed by atoms with Gasteiger partial charge in [0, 0.05) is 12.1 Å². The van der Waals surface area contributed by atoms with E-state index < -0.39 is 0 Å². The lowest BCUT2D eigenvalue weighted by molar-refractivity contribution is 0.293. The molecule has 0 spiro atoms. The van der Waals surface area contributed by atoms with E-state index in [2.05, 4.69) is 29.1 Å². The summed E-state index contributed by atoms with van der Waals surface area (Å²) in [6, 6.07) is 0. The summed E-state index contributed by atoms with van der Waals surface area (Å²) in [5.41, 5.74) is 1.07. The molecule has 1 N–H and O–H groups in total. The van der Waals surface area contributed by atoms with Crippen molar-refractivity contribution in [3.05, 3.63) is 17.0 Å². The Morgan fingerprint density at radius 1 is 1.37 bits per heavy atom. The SMILES string of the molecule is CCCc1c(Cl)ncnc1NCC1CCCC(C)C1. The molecule has 1 aliphatic rings. The van der Waals surface area contributed by atoms with E-state index in [0.717, 1.165) is 42.6 Å². The number of hydrogen-bond donors (Lipinski definition) is 1. The molecule has 1 aliphatic carbocycles. The minimum absolute atomic E-state index is 0.594. The Morgan fingerprint density at radius 3 is 2.95 bits per heavy atom. The van der Waals surface area contributed by atoms with Gasteiger partial charge in [-0.1, -0.05) is 44.7 Å². The summed E-state index contributed by atoms with van der Waals surface area (Å²) in [6.07, 6.45) is 8.95. The van der Waals surface area contributed by atoms with Crippen molar-refractivity contribution in [2.75, 3.05) is 11.9 Å². The lowest BCUT2D eigenvalue weighted by Gasteiger charge is -2.27. The Morgan fingerprint density at radius 2 is 2.21 bits per heavy atom. The van der Waals surface area contributed by atoms with Gasteiger partial charge in [-0.3, -0.25) is 0 Å². The summed E-state index contributed by atoms with van der Waals surface area (Å²) in [6.45, 7) is 5.51. The minimum Gasteiger partial charge on any atom is -0.369 e. The van der Waals surface area contributed by atoms with Gasteiger partial charge >= 0.3 is 0 Å². The van der Waals surface area contributed by atoms with Crippen LogP contribution in [0.4, 0.5) is 5.82 Å².